The first-order chi connectivity index (χ1) is 9.66. The van der Waals surface area contributed by atoms with Gasteiger partial charge < -0.3 is 9.72 Å². The molecule has 0 bridgehead atoms. The van der Waals surface area contributed by atoms with Crippen molar-refractivity contribution in [2.24, 2.45) is 0 Å². The maximum Gasteiger partial charge on any atom is 0.181 e. The Bertz CT molecular complexity index is 620. The molecule has 1 fully saturated rings. The molecule has 2 aromatic rings. The van der Waals surface area contributed by atoms with Gasteiger partial charge in [0.15, 0.2) is 5.78 Å². The van der Waals surface area contributed by atoms with Crippen LogP contribution in [-0.4, -0.2) is 47.5 Å². The van der Waals surface area contributed by atoms with Crippen molar-refractivity contribution in [3.05, 3.63) is 36.0 Å². The molecule has 2 unspecified atom stereocenters. The largest absolute Gasteiger partial charge is 0.376 e. The molecule has 0 spiro atoms. The van der Waals surface area contributed by atoms with Gasteiger partial charge in [-0.1, -0.05) is 18.2 Å². The second-order valence-electron chi connectivity index (χ2n) is 5.46. The number of H-pyrrole nitrogens is 1. The van der Waals surface area contributed by atoms with Crippen molar-refractivity contribution < 1.29 is 9.53 Å². The number of benzene rings is 1. The van der Waals surface area contributed by atoms with Crippen molar-refractivity contribution in [3.8, 4) is 0 Å². The van der Waals surface area contributed by atoms with Crippen LogP contribution in [-0.2, 0) is 4.74 Å². The summed E-state index contributed by atoms with van der Waals surface area (Å²) < 4.78 is 5.54. The number of carbonyl (C=O) groups excluding carboxylic acids is 1. The minimum absolute atomic E-state index is 0.111. The van der Waals surface area contributed by atoms with E-state index in [0.717, 1.165) is 29.6 Å². The number of hydrogen-bond donors (Lipinski definition) is 1. The normalized spacial score (nSPS) is 22.0. The Morgan fingerprint density at radius 1 is 1.45 bits per heavy atom. The van der Waals surface area contributed by atoms with Crippen LogP contribution in [0.25, 0.3) is 10.9 Å². The molecule has 4 nitrogen and oxygen atoms in total. The number of aromatic amines is 1. The zero-order valence-electron chi connectivity index (χ0n) is 11.9. The fourth-order valence-corrected chi connectivity index (χ4v) is 2.86. The fraction of sp³-hybridized carbons (Fsp3) is 0.438. The Morgan fingerprint density at radius 3 is 3.05 bits per heavy atom. The third-order valence-corrected chi connectivity index (χ3v) is 4.05. The summed E-state index contributed by atoms with van der Waals surface area (Å²) in [4.78, 5) is 18.1. The van der Waals surface area contributed by atoms with Gasteiger partial charge >= 0.3 is 0 Å². The minimum Gasteiger partial charge on any atom is -0.376 e. The van der Waals surface area contributed by atoms with Gasteiger partial charge in [0.1, 0.15) is 0 Å². The highest BCUT2D eigenvalue weighted by Crippen LogP contribution is 2.21. The van der Waals surface area contributed by atoms with Crippen molar-refractivity contribution in [1.82, 2.24) is 9.88 Å². The van der Waals surface area contributed by atoms with E-state index in [4.69, 9.17) is 4.74 Å². The predicted octanol–water partition coefficient (Wildman–Crippen LogP) is 2.46. The molecule has 0 amide bonds. The van der Waals surface area contributed by atoms with Gasteiger partial charge in [-0.25, -0.2) is 0 Å². The van der Waals surface area contributed by atoms with Crippen molar-refractivity contribution >= 4 is 16.7 Å². The number of hydrogen-bond acceptors (Lipinski definition) is 3. The van der Waals surface area contributed by atoms with Crippen LogP contribution in [0.15, 0.2) is 30.5 Å². The van der Waals surface area contributed by atoms with E-state index in [-0.39, 0.29) is 17.9 Å². The number of para-hydroxylation sites is 1. The monoisotopic (exact) mass is 272 g/mol. The van der Waals surface area contributed by atoms with Crippen LogP contribution in [0.1, 0.15) is 24.2 Å². The van der Waals surface area contributed by atoms with E-state index < -0.39 is 0 Å². The Hall–Kier alpha value is -1.65. The van der Waals surface area contributed by atoms with Crippen LogP contribution in [0.4, 0.5) is 0 Å². The molecule has 20 heavy (non-hydrogen) atoms. The summed E-state index contributed by atoms with van der Waals surface area (Å²) in [5.74, 6) is 0.177. The molecule has 1 N–H and O–H groups in total. The number of aromatic nitrogens is 1. The molecule has 3 rings (SSSR count). The molecule has 1 saturated heterocycles. The number of ether oxygens (including phenoxy) is 1. The lowest BCUT2D eigenvalue weighted by Crippen LogP contribution is -2.48. The van der Waals surface area contributed by atoms with Crippen molar-refractivity contribution in [3.63, 3.8) is 0 Å². The first kappa shape index (κ1) is 13.3. The summed E-state index contributed by atoms with van der Waals surface area (Å²) in [6.45, 7) is 6.37. The smallest absolute Gasteiger partial charge is 0.181 e. The van der Waals surface area contributed by atoms with Gasteiger partial charge in [-0.15, -0.1) is 0 Å². The van der Waals surface area contributed by atoms with Crippen LogP contribution < -0.4 is 0 Å². The summed E-state index contributed by atoms with van der Waals surface area (Å²) in [7, 11) is 0. The molecule has 4 heteroatoms. The average molecular weight is 272 g/mol. The van der Waals surface area contributed by atoms with E-state index in [2.05, 4.69) is 16.8 Å². The van der Waals surface area contributed by atoms with Crippen LogP contribution in [0.3, 0.4) is 0 Å². The van der Waals surface area contributed by atoms with Crippen molar-refractivity contribution in [2.75, 3.05) is 19.7 Å². The molecule has 1 aromatic heterocycles. The topological polar surface area (TPSA) is 45.3 Å². The first-order valence-electron chi connectivity index (χ1n) is 7.13. The molecule has 0 saturated carbocycles. The van der Waals surface area contributed by atoms with Gasteiger partial charge in [-0.2, -0.15) is 0 Å². The molecule has 2 heterocycles. The zero-order chi connectivity index (χ0) is 14.1. The minimum atomic E-state index is -0.111. The number of nitrogens with one attached hydrogen (secondary N) is 1. The maximum atomic E-state index is 12.7. The lowest BCUT2D eigenvalue weighted by atomic mass is 10.0. The molecule has 0 aliphatic carbocycles. The zero-order valence-corrected chi connectivity index (χ0v) is 11.9. The molecular formula is C16H20N2O2. The number of rotatable bonds is 3. The number of nitrogens with zero attached hydrogens (tertiary/aromatic N) is 1. The van der Waals surface area contributed by atoms with Gasteiger partial charge in [-0.3, -0.25) is 9.69 Å². The second-order valence-corrected chi connectivity index (χ2v) is 5.46. The average Bonchev–Trinajstić information content (AvgIpc) is 2.89. The van der Waals surface area contributed by atoms with Crippen LogP contribution in [0.5, 0.6) is 0 Å². The van der Waals surface area contributed by atoms with Gasteiger partial charge in [0.05, 0.1) is 18.8 Å². The van der Waals surface area contributed by atoms with E-state index in [0.29, 0.717) is 6.61 Å². The standard InChI is InChI=1S/C16H20N2O2/c1-11-10-18(7-8-20-11)12(2)16(19)14-9-17-15-6-4-3-5-13(14)15/h3-6,9,11-12,17H,7-8,10H2,1-2H3. The number of fused-ring (bicyclic) bond motifs is 1. The molecule has 106 valence electrons. The second kappa shape index (κ2) is 5.38. The lowest BCUT2D eigenvalue weighted by Gasteiger charge is -2.34. The summed E-state index contributed by atoms with van der Waals surface area (Å²) >= 11 is 0. The van der Waals surface area contributed by atoms with Crippen molar-refractivity contribution in [2.45, 2.75) is 26.0 Å². The van der Waals surface area contributed by atoms with E-state index in [1.165, 1.54) is 0 Å². The van der Waals surface area contributed by atoms with E-state index in [1.807, 2.05) is 37.4 Å². The number of carbonyl (C=O) groups is 1. The lowest BCUT2D eigenvalue weighted by molar-refractivity contribution is -0.0277. The summed E-state index contributed by atoms with van der Waals surface area (Å²) in [6.07, 6.45) is 2.02. The molecule has 0 radical (unpaired) electrons. The number of Topliss-reactive ketones (excluding diaryl/α,β-unsaturated/α-hetero) is 1. The third kappa shape index (κ3) is 2.37. The highest BCUT2D eigenvalue weighted by atomic mass is 16.5. The van der Waals surface area contributed by atoms with E-state index in [1.54, 1.807) is 0 Å². The van der Waals surface area contributed by atoms with Crippen LogP contribution >= 0.6 is 0 Å². The van der Waals surface area contributed by atoms with Gasteiger partial charge in [0.2, 0.25) is 0 Å². The highest BCUT2D eigenvalue weighted by molar-refractivity contribution is 6.10. The number of morpholine rings is 1. The summed E-state index contributed by atoms with van der Waals surface area (Å²) in [5.41, 5.74) is 1.80. The predicted molar refractivity (Wildman–Crippen MR) is 79.1 cm³/mol. The molecule has 1 aliphatic heterocycles. The Kier molecular flexibility index (Phi) is 3.59. The Labute approximate surface area is 118 Å². The Balaban J connectivity index is 1.84. The van der Waals surface area contributed by atoms with Crippen LogP contribution in [0, 0.1) is 0 Å². The van der Waals surface area contributed by atoms with Crippen LogP contribution in [0.2, 0.25) is 0 Å². The van der Waals surface area contributed by atoms with Gasteiger partial charge in [-0.05, 0) is 19.9 Å². The van der Waals surface area contributed by atoms with E-state index >= 15 is 0 Å². The molecule has 1 aliphatic rings. The molecular weight excluding hydrogens is 252 g/mol. The first-order valence-corrected chi connectivity index (χ1v) is 7.13. The van der Waals surface area contributed by atoms with E-state index in [9.17, 15) is 4.79 Å². The summed E-state index contributed by atoms with van der Waals surface area (Å²) in [6, 6.07) is 7.82. The quantitative estimate of drug-likeness (QED) is 0.873. The number of ketones is 1. The summed E-state index contributed by atoms with van der Waals surface area (Å²) in [5, 5.41) is 1.01. The van der Waals surface area contributed by atoms with Gasteiger partial charge in [0, 0.05) is 35.8 Å². The third-order valence-electron chi connectivity index (χ3n) is 4.05. The SMILES string of the molecule is CC1CN(C(C)C(=O)c2c[nH]c3ccccc23)CCO1. The Morgan fingerprint density at radius 2 is 2.25 bits per heavy atom. The molecule has 1 aromatic carbocycles. The fourth-order valence-electron chi connectivity index (χ4n) is 2.86. The molecule has 2 atom stereocenters. The van der Waals surface area contributed by atoms with Gasteiger partial charge in [0.25, 0.3) is 0 Å². The highest BCUT2D eigenvalue weighted by Gasteiger charge is 2.27. The van der Waals surface area contributed by atoms with Crippen molar-refractivity contribution in [1.29, 1.82) is 0 Å². The maximum absolute atomic E-state index is 12.7.